The quantitative estimate of drug-likeness (QED) is 0.514. The highest BCUT2D eigenvalue weighted by molar-refractivity contribution is 5.90. The fourth-order valence-electron chi connectivity index (χ4n) is 3.72. The maximum Gasteiger partial charge on any atom is 0.183 e. The van der Waals surface area contributed by atoms with Crippen LogP contribution in [0.3, 0.4) is 0 Å². The van der Waals surface area contributed by atoms with Crippen molar-refractivity contribution in [3.05, 3.63) is 54.7 Å². The van der Waals surface area contributed by atoms with Crippen molar-refractivity contribution in [2.24, 2.45) is 0 Å². The van der Waals surface area contributed by atoms with Gasteiger partial charge in [0.1, 0.15) is 28.9 Å². The van der Waals surface area contributed by atoms with E-state index >= 15 is 0 Å². The molecule has 31 heavy (non-hydrogen) atoms. The minimum atomic E-state index is -0.337. The Bertz CT molecular complexity index is 1250. The molecule has 0 unspecified atom stereocenters. The fourth-order valence-corrected chi connectivity index (χ4v) is 3.72. The zero-order valence-electron chi connectivity index (χ0n) is 17.3. The topological polar surface area (TPSA) is 74.1 Å². The van der Waals surface area contributed by atoms with Gasteiger partial charge in [0.25, 0.3) is 0 Å². The van der Waals surface area contributed by atoms with Crippen LogP contribution < -0.4 is 14.8 Å². The van der Waals surface area contributed by atoms with Crippen molar-refractivity contribution in [2.75, 3.05) is 20.2 Å². The molecule has 0 atom stereocenters. The van der Waals surface area contributed by atoms with Gasteiger partial charge >= 0.3 is 0 Å². The first-order valence-corrected chi connectivity index (χ1v) is 10.2. The minimum Gasteiger partial charge on any atom is -0.496 e. The lowest BCUT2D eigenvalue weighted by Crippen LogP contribution is -2.50. The second kappa shape index (κ2) is 7.96. The van der Waals surface area contributed by atoms with Gasteiger partial charge < -0.3 is 19.4 Å². The summed E-state index contributed by atoms with van der Waals surface area (Å²) >= 11 is 0. The highest BCUT2D eigenvalue weighted by Gasteiger charge is 2.20. The summed E-state index contributed by atoms with van der Waals surface area (Å²) in [5.74, 6) is 0.916. The molecule has 0 amide bonds. The smallest absolute Gasteiger partial charge is 0.183 e. The number of methoxy groups -OCH3 is 1. The molecule has 5 rings (SSSR count). The highest BCUT2D eigenvalue weighted by Crippen LogP contribution is 2.38. The van der Waals surface area contributed by atoms with Crippen molar-refractivity contribution in [3.63, 3.8) is 0 Å². The number of hydrogen-bond donors (Lipinski definition) is 1. The van der Waals surface area contributed by atoms with Gasteiger partial charge in [0.15, 0.2) is 5.65 Å². The average molecular weight is 419 g/mol. The molecule has 3 heterocycles. The zero-order chi connectivity index (χ0) is 21.4. The molecular formula is C23H22FN5O2. The Morgan fingerprint density at radius 1 is 1.13 bits per heavy atom. The second-order valence-electron chi connectivity index (χ2n) is 7.42. The van der Waals surface area contributed by atoms with Crippen LogP contribution in [-0.2, 0) is 6.54 Å². The summed E-state index contributed by atoms with van der Waals surface area (Å²) in [5.41, 5.74) is 4.13. The van der Waals surface area contributed by atoms with Gasteiger partial charge in [0.05, 0.1) is 19.6 Å². The zero-order valence-corrected chi connectivity index (χ0v) is 17.3. The first-order valence-electron chi connectivity index (χ1n) is 10.2. The van der Waals surface area contributed by atoms with Crippen molar-refractivity contribution in [1.29, 1.82) is 0 Å². The van der Waals surface area contributed by atoms with Crippen molar-refractivity contribution in [2.45, 2.75) is 19.6 Å². The van der Waals surface area contributed by atoms with E-state index in [0.717, 1.165) is 36.3 Å². The van der Waals surface area contributed by atoms with E-state index in [0.29, 0.717) is 28.3 Å². The standard InChI is InChI=1S/C23H22FN5O2/c1-3-29-13-26-22-19(12-27-28-23(22)29)14-4-7-20(24)18(8-14)17-6-5-15(9-21(17)30-2)31-16-10-25-11-16/h4-9,12-13,16,25H,3,10-11H2,1-2H3. The third-order valence-electron chi connectivity index (χ3n) is 5.53. The lowest BCUT2D eigenvalue weighted by Gasteiger charge is -2.28. The first kappa shape index (κ1) is 19.4. The number of fused-ring (bicyclic) bond motifs is 1. The summed E-state index contributed by atoms with van der Waals surface area (Å²) in [4.78, 5) is 4.50. The van der Waals surface area contributed by atoms with Crippen LogP contribution in [0.15, 0.2) is 48.9 Å². The lowest BCUT2D eigenvalue weighted by atomic mass is 9.98. The van der Waals surface area contributed by atoms with Crippen LogP contribution in [0, 0.1) is 5.82 Å². The molecule has 1 saturated heterocycles. The molecule has 1 aliphatic rings. The second-order valence-corrected chi connectivity index (χ2v) is 7.42. The Morgan fingerprint density at radius 3 is 2.74 bits per heavy atom. The molecule has 4 aromatic rings. The number of nitrogens with one attached hydrogen (secondary N) is 1. The number of halogens is 1. The molecule has 1 N–H and O–H groups in total. The van der Waals surface area contributed by atoms with E-state index in [4.69, 9.17) is 9.47 Å². The highest BCUT2D eigenvalue weighted by atomic mass is 19.1. The predicted octanol–water partition coefficient (Wildman–Crippen LogP) is 3.68. The van der Waals surface area contributed by atoms with Gasteiger partial charge in [0, 0.05) is 42.4 Å². The molecular weight excluding hydrogens is 397 g/mol. The van der Waals surface area contributed by atoms with E-state index in [-0.39, 0.29) is 11.9 Å². The maximum atomic E-state index is 14.9. The summed E-state index contributed by atoms with van der Waals surface area (Å²) in [7, 11) is 1.57. The number of ether oxygens (including phenoxy) is 2. The Balaban J connectivity index is 1.57. The molecule has 0 aliphatic carbocycles. The summed E-state index contributed by atoms with van der Waals surface area (Å²) in [6.45, 7) is 4.41. The summed E-state index contributed by atoms with van der Waals surface area (Å²) in [6, 6.07) is 10.5. The predicted molar refractivity (Wildman–Crippen MR) is 116 cm³/mol. The van der Waals surface area contributed by atoms with Crippen molar-refractivity contribution in [3.8, 4) is 33.8 Å². The van der Waals surface area contributed by atoms with E-state index in [1.54, 1.807) is 37.8 Å². The van der Waals surface area contributed by atoms with Gasteiger partial charge in [-0.15, -0.1) is 5.10 Å². The molecule has 0 spiro atoms. The number of benzene rings is 2. The van der Waals surface area contributed by atoms with Gasteiger partial charge in [-0.2, -0.15) is 5.10 Å². The third kappa shape index (κ3) is 3.48. The fraction of sp³-hybridized carbons (Fsp3) is 0.261. The summed E-state index contributed by atoms with van der Waals surface area (Å²) < 4.78 is 28.3. The third-order valence-corrected chi connectivity index (χ3v) is 5.53. The molecule has 2 aromatic carbocycles. The Kier molecular flexibility index (Phi) is 4.99. The molecule has 158 valence electrons. The van der Waals surface area contributed by atoms with E-state index in [9.17, 15) is 4.39 Å². The van der Waals surface area contributed by atoms with Crippen LogP contribution in [0.25, 0.3) is 33.4 Å². The van der Waals surface area contributed by atoms with Crippen LogP contribution in [0.1, 0.15) is 6.92 Å². The van der Waals surface area contributed by atoms with Crippen molar-refractivity contribution in [1.82, 2.24) is 25.1 Å². The van der Waals surface area contributed by atoms with Crippen molar-refractivity contribution < 1.29 is 13.9 Å². The summed E-state index contributed by atoms with van der Waals surface area (Å²) in [5, 5.41) is 11.5. The largest absolute Gasteiger partial charge is 0.496 e. The number of aryl methyl sites for hydroxylation is 1. The Hall–Kier alpha value is -3.52. The normalized spacial score (nSPS) is 13.9. The van der Waals surface area contributed by atoms with Gasteiger partial charge in [0.2, 0.25) is 0 Å². The van der Waals surface area contributed by atoms with E-state index in [1.165, 1.54) is 6.07 Å². The van der Waals surface area contributed by atoms with Crippen molar-refractivity contribution >= 4 is 11.2 Å². The number of aromatic nitrogens is 4. The average Bonchev–Trinajstić information content (AvgIpc) is 3.20. The number of imidazole rings is 1. The monoisotopic (exact) mass is 419 g/mol. The van der Waals surface area contributed by atoms with Gasteiger partial charge in [-0.1, -0.05) is 6.07 Å². The molecule has 1 fully saturated rings. The SMILES string of the molecule is CCn1cnc2c(-c3ccc(F)c(-c4ccc(OC5CNC5)cc4OC)c3)cnnc21. The van der Waals surface area contributed by atoms with Gasteiger partial charge in [-0.3, -0.25) is 0 Å². The molecule has 0 radical (unpaired) electrons. The van der Waals surface area contributed by atoms with Gasteiger partial charge in [-0.25, -0.2) is 9.37 Å². The Morgan fingerprint density at radius 2 is 2.00 bits per heavy atom. The first-order chi connectivity index (χ1) is 15.2. The number of nitrogens with zero attached hydrogens (tertiary/aromatic N) is 4. The van der Waals surface area contributed by atoms with Crippen LogP contribution >= 0.6 is 0 Å². The molecule has 1 aliphatic heterocycles. The summed E-state index contributed by atoms with van der Waals surface area (Å²) in [6.07, 6.45) is 3.56. The molecule has 8 heteroatoms. The molecule has 2 aromatic heterocycles. The van der Waals surface area contributed by atoms with Gasteiger partial charge in [-0.05, 0) is 36.8 Å². The minimum absolute atomic E-state index is 0.153. The van der Waals surface area contributed by atoms with E-state index < -0.39 is 0 Å². The molecule has 0 bridgehead atoms. The number of hydrogen-bond acceptors (Lipinski definition) is 6. The van der Waals surface area contributed by atoms with Crippen LogP contribution in [0.2, 0.25) is 0 Å². The maximum absolute atomic E-state index is 14.9. The van der Waals surface area contributed by atoms with Crippen LogP contribution in [-0.4, -0.2) is 46.1 Å². The lowest BCUT2D eigenvalue weighted by molar-refractivity contribution is 0.142. The molecule has 7 nitrogen and oxygen atoms in total. The molecule has 0 saturated carbocycles. The van der Waals surface area contributed by atoms with E-state index in [1.807, 2.05) is 23.6 Å². The Labute approximate surface area is 178 Å². The van der Waals surface area contributed by atoms with Crippen LogP contribution in [0.5, 0.6) is 11.5 Å². The number of rotatable bonds is 6. The van der Waals surface area contributed by atoms with Crippen LogP contribution in [0.4, 0.5) is 4.39 Å². The van der Waals surface area contributed by atoms with E-state index in [2.05, 4.69) is 20.5 Å².